The molecule has 0 aliphatic rings. The Labute approximate surface area is 189 Å². The Morgan fingerprint density at radius 2 is 1.63 bits per heavy atom. The lowest BCUT2D eigenvalue weighted by Gasteiger charge is -2.30. The maximum Gasteiger partial charge on any atom is 0.242 e. The third-order valence-electron chi connectivity index (χ3n) is 5.25. The number of hydrogen-bond donors (Lipinski definition) is 1. The van der Waals surface area contributed by atoms with Crippen molar-refractivity contribution in [2.24, 2.45) is 0 Å². The van der Waals surface area contributed by atoms with Gasteiger partial charge >= 0.3 is 0 Å². The zero-order chi connectivity index (χ0) is 22.3. The highest BCUT2D eigenvalue weighted by molar-refractivity contribution is 6.42. The number of rotatable bonds is 9. The Kier molecular flexibility index (Phi) is 9.19. The van der Waals surface area contributed by atoms with Crippen LogP contribution in [0, 0.1) is 6.92 Å². The number of aryl methyl sites for hydroxylation is 2. The van der Waals surface area contributed by atoms with Gasteiger partial charge in [0.2, 0.25) is 11.8 Å². The van der Waals surface area contributed by atoms with Gasteiger partial charge in [-0.15, -0.1) is 0 Å². The first-order chi connectivity index (χ1) is 14.2. The lowest BCUT2D eigenvalue weighted by atomic mass is 10.1. The summed E-state index contributed by atoms with van der Waals surface area (Å²) in [4.78, 5) is 27.5. The number of carbonyl (C=O) groups is 2. The van der Waals surface area contributed by atoms with Crippen LogP contribution in [0.4, 0.5) is 0 Å². The molecule has 0 fully saturated rings. The molecule has 0 radical (unpaired) electrons. The van der Waals surface area contributed by atoms with Crippen LogP contribution >= 0.6 is 23.2 Å². The third-order valence-corrected chi connectivity index (χ3v) is 5.99. The van der Waals surface area contributed by atoms with Crippen LogP contribution in [-0.2, 0) is 22.6 Å². The van der Waals surface area contributed by atoms with Gasteiger partial charge in [-0.1, -0.05) is 66.0 Å². The molecule has 2 amide bonds. The molecule has 0 aromatic heterocycles. The van der Waals surface area contributed by atoms with Crippen molar-refractivity contribution in [3.05, 3.63) is 69.2 Å². The molecule has 2 rings (SSSR count). The first-order valence-corrected chi connectivity index (χ1v) is 11.1. The average Bonchev–Trinajstić information content (AvgIpc) is 2.73. The summed E-state index contributed by atoms with van der Waals surface area (Å²) >= 11 is 12.2. The molecule has 1 N–H and O–H groups in total. The predicted octanol–water partition coefficient (Wildman–Crippen LogP) is 5.57. The molecule has 0 unspecified atom stereocenters. The van der Waals surface area contributed by atoms with Crippen molar-refractivity contribution in [1.29, 1.82) is 0 Å². The SMILES string of the molecule is CC[C@@H](C)NC(=O)[C@@H](C)N(Cc1ccc(Cl)c(Cl)c1)C(=O)CCc1ccc(C)cc1. The fourth-order valence-corrected chi connectivity index (χ4v) is 3.35. The number of hydrogen-bond acceptors (Lipinski definition) is 2. The van der Waals surface area contributed by atoms with Gasteiger partial charge in [-0.25, -0.2) is 0 Å². The summed E-state index contributed by atoms with van der Waals surface area (Å²) in [6, 6.07) is 12.9. The molecule has 0 aliphatic heterocycles. The van der Waals surface area contributed by atoms with Crippen LogP contribution in [-0.4, -0.2) is 28.8 Å². The molecule has 0 aliphatic carbocycles. The van der Waals surface area contributed by atoms with Crippen LogP contribution in [0.3, 0.4) is 0 Å². The maximum atomic E-state index is 13.1. The summed E-state index contributed by atoms with van der Waals surface area (Å²) in [5.41, 5.74) is 3.11. The molecule has 0 saturated carbocycles. The van der Waals surface area contributed by atoms with Gasteiger partial charge in [0.05, 0.1) is 10.0 Å². The van der Waals surface area contributed by atoms with E-state index in [0.717, 1.165) is 17.5 Å². The van der Waals surface area contributed by atoms with Crippen molar-refractivity contribution in [3.8, 4) is 0 Å². The van der Waals surface area contributed by atoms with Crippen LogP contribution in [0.2, 0.25) is 10.0 Å². The summed E-state index contributed by atoms with van der Waals surface area (Å²) in [5.74, 6) is -0.235. The van der Waals surface area contributed by atoms with E-state index in [4.69, 9.17) is 23.2 Å². The molecule has 0 saturated heterocycles. The fourth-order valence-electron chi connectivity index (χ4n) is 3.03. The second kappa shape index (κ2) is 11.4. The second-order valence-corrected chi connectivity index (χ2v) is 8.56. The van der Waals surface area contributed by atoms with Crippen molar-refractivity contribution in [1.82, 2.24) is 10.2 Å². The van der Waals surface area contributed by atoms with Gasteiger partial charge in [0.25, 0.3) is 0 Å². The van der Waals surface area contributed by atoms with Gasteiger partial charge in [-0.3, -0.25) is 9.59 Å². The summed E-state index contributed by atoms with van der Waals surface area (Å²) in [6.45, 7) is 8.05. The van der Waals surface area contributed by atoms with Crippen LogP contribution in [0.5, 0.6) is 0 Å². The standard InChI is InChI=1S/C24H30Cl2N2O2/c1-5-17(3)27-24(30)18(4)28(15-20-10-12-21(25)22(26)14-20)23(29)13-11-19-8-6-16(2)7-9-19/h6-10,12,14,17-18H,5,11,13,15H2,1-4H3,(H,27,30)/t17-,18-/m1/s1. The van der Waals surface area contributed by atoms with Gasteiger partial charge in [0.1, 0.15) is 6.04 Å². The molecule has 0 heterocycles. The Morgan fingerprint density at radius 3 is 2.23 bits per heavy atom. The number of nitrogens with zero attached hydrogens (tertiary/aromatic N) is 1. The fraction of sp³-hybridized carbons (Fsp3) is 0.417. The quantitative estimate of drug-likeness (QED) is 0.545. The first-order valence-electron chi connectivity index (χ1n) is 10.3. The predicted molar refractivity (Wildman–Crippen MR) is 124 cm³/mol. The highest BCUT2D eigenvalue weighted by Crippen LogP contribution is 2.24. The maximum absolute atomic E-state index is 13.1. The molecule has 0 spiro atoms. The van der Waals surface area contributed by atoms with E-state index in [2.05, 4.69) is 5.32 Å². The molecule has 2 aromatic rings. The molecule has 162 valence electrons. The zero-order valence-corrected chi connectivity index (χ0v) is 19.6. The van der Waals surface area contributed by atoms with E-state index in [0.29, 0.717) is 29.4 Å². The van der Waals surface area contributed by atoms with Crippen LogP contribution < -0.4 is 5.32 Å². The van der Waals surface area contributed by atoms with Crippen molar-refractivity contribution in [2.75, 3.05) is 0 Å². The monoisotopic (exact) mass is 448 g/mol. The molecule has 2 atom stereocenters. The van der Waals surface area contributed by atoms with Gasteiger partial charge < -0.3 is 10.2 Å². The van der Waals surface area contributed by atoms with Crippen LogP contribution in [0.25, 0.3) is 0 Å². The number of nitrogens with one attached hydrogen (secondary N) is 1. The van der Waals surface area contributed by atoms with Gasteiger partial charge in [-0.2, -0.15) is 0 Å². The highest BCUT2D eigenvalue weighted by Gasteiger charge is 2.26. The number of carbonyl (C=O) groups excluding carboxylic acids is 2. The van der Waals surface area contributed by atoms with E-state index in [1.54, 1.807) is 24.0 Å². The Bertz CT molecular complexity index is 868. The normalized spacial score (nSPS) is 12.9. The average molecular weight is 449 g/mol. The smallest absolute Gasteiger partial charge is 0.242 e. The van der Waals surface area contributed by atoms with Crippen molar-refractivity contribution in [2.45, 2.75) is 65.6 Å². The Balaban J connectivity index is 2.17. The molecule has 2 aromatic carbocycles. The van der Waals surface area contributed by atoms with Crippen LogP contribution in [0.1, 0.15) is 50.3 Å². The van der Waals surface area contributed by atoms with Gasteiger partial charge in [0.15, 0.2) is 0 Å². The van der Waals surface area contributed by atoms with Gasteiger partial charge in [0, 0.05) is 19.0 Å². The molecule has 6 heteroatoms. The number of halogens is 2. The summed E-state index contributed by atoms with van der Waals surface area (Å²) < 4.78 is 0. The molecular formula is C24H30Cl2N2O2. The van der Waals surface area contributed by atoms with Crippen LogP contribution in [0.15, 0.2) is 42.5 Å². The minimum atomic E-state index is -0.598. The lowest BCUT2D eigenvalue weighted by Crippen LogP contribution is -2.49. The van der Waals surface area contributed by atoms with E-state index in [1.807, 2.05) is 51.1 Å². The van der Waals surface area contributed by atoms with Crippen molar-refractivity contribution < 1.29 is 9.59 Å². The Morgan fingerprint density at radius 1 is 1.00 bits per heavy atom. The van der Waals surface area contributed by atoms with E-state index in [1.165, 1.54) is 5.56 Å². The van der Waals surface area contributed by atoms with E-state index >= 15 is 0 Å². The van der Waals surface area contributed by atoms with E-state index in [9.17, 15) is 9.59 Å². The van der Waals surface area contributed by atoms with Crippen molar-refractivity contribution >= 4 is 35.0 Å². The first kappa shape index (κ1) is 24.2. The summed E-state index contributed by atoms with van der Waals surface area (Å²) in [7, 11) is 0. The zero-order valence-electron chi connectivity index (χ0n) is 18.0. The van der Waals surface area contributed by atoms with Gasteiger partial charge in [-0.05, 0) is 56.9 Å². The minimum absolute atomic E-state index is 0.0504. The largest absolute Gasteiger partial charge is 0.352 e. The number of amides is 2. The summed E-state index contributed by atoms with van der Waals surface area (Å²) in [5, 5.41) is 3.86. The lowest BCUT2D eigenvalue weighted by molar-refractivity contribution is -0.140. The molecule has 30 heavy (non-hydrogen) atoms. The van der Waals surface area contributed by atoms with E-state index < -0.39 is 6.04 Å². The molecule has 4 nitrogen and oxygen atoms in total. The van der Waals surface area contributed by atoms with E-state index in [-0.39, 0.29) is 17.9 Å². The van der Waals surface area contributed by atoms with Crippen molar-refractivity contribution in [3.63, 3.8) is 0 Å². The second-order valence-electron chi connectivity index (χ2n) is 7.75. The molecule has 0 bridgehead atoms. The number of benzene rings is 2. The minimum Gasteiger partial charge on any atom is -0.352 e. The topological polar surface area (TPSA) is 49.4 Å². The highest BCUT2D eigenvalue weighted by atomic mass is 35.5. The Hall–Kier alpha value is -2.04. The summed E-state index contributed by atoms with van der Waals surface area (Å²) in [6.07, 6.45) is 1.77. The third kappa shape index (κ3) is 7.03. The molecular weight excluding hydrogens is 419 g/mol.